The quantitative estimate of drug-likeness (QED) is 0.696. The van der Waals surface area contributed by atoms with Gasteiger partial charge in [0.1, 0.15) is 5.75 Å². The van der Waals surface area contributed by atoms with E-state index >= 15 is 0 Å². The highest BCUT2D eigenvalue weighted by atomic mass is 35.5. The largest absolute Gasteiger partial charge is 0.508 e. The average Bonchev–Trinajstić information content (AvgIpc) is 2.97. The van der Waals surface area contributed by atoms with Crippen molar-refractivity contribution in [2.45, 2.75) is 4.90 Å². The number of halogens is 1. The Hall–Kier alpha value is -2.13. The number of aromatic hydroxyl groups is 1. The van der Waals surface area contributed by atoms with Gasteiger partial charge in [-0.05, 0) is 42.5 Å². The van der Waals surface area contributed by atoms with Gasteiger partial charge in [-0.15, -0.1) is 11.3 Å². The van der Waals surface area contributed by atoms with E-state index in [0.717, 1.165) is 5.69 Å². The summed E-state index contributed by atoms with van der Waals surface area (Å²) in [6.45, 7) is 0. The zero-order valence-electron chi connectivity index (χ0n) is 14.9. The van der Waals surface area contributed by atoms with Gasteiger partial charge in [-0.25, -0.2) is 17.7 Å². The summed E-state index contributed by atoms with van der Waals surface area (Å²) in [4.78, 5) is 5.45. The maximum atomic E-state index is 12.4. The Morgan fingerprint density at radius 2 is 1.81 bits per heavy atom. The van der Waals surface area contributed by atoms with Gasteiger partial charge < -0.3 is 9.67 Å². The molecule has 9 heteroatoms. The minimum absolute atomic E-state index is 0.176. The second kappa shape index (κ2) is 7.47. The maximum absolute atomic E-state index is 12.4. The molecule has 0 bridgehead atoms. The van der Waals surface area contributed by atoms with Crippen LogP contribution >= 0.6 is 22.9 Å². The first-order chi connectivity index (χ1) is 12.7. The van der Waals surface area contributed by atoms with E-state index in [1.54, 1.807) is 36.4 Å². The highest BCUT2D eigenvalue weighted by molar-refractivity contribution is 7.89. The third-order valence-corrected chi connectivity index (χ3v) is 7.05. The number of aromatic nitrogens is 1. The molecular formula is C18H18ClN3O3S2. The Labute approximate surface area is 166 Å². The topological polar surface area (TPSA) is 74.9 Å². The molecule has 0 spiro atoms. The first-order valence-electron chi connectivity index (χ1n) is 7.91. The number of hydrogen-bond donors (Lipinski definition) is 1. The smallest absolute Gasteiger partial charge is 0.242 e. The predicted molar refractivity (Wildman–Crippen MR) is 108 cm³/mol. The number of sulfonamides is 1. The van der Waals surface area contributed by atoms with Gasteiger partial charge in [0, 0.05) is 37.1 Å². The van der Waals surface area contributed by atoms with Crippen LogP contribution in [0.1, 0.15) is 0 Å². The van der Waals surface area contributed by atoms with Crippen molar-refractivity contribution in [1.29, 1.82) is 0 Å². The number of rotatable bonds is 4. The molecule has 0 amide bonds. The molecule has 3 rings (SSSR count). The lowest BCUT2D eigenvalue weighted by atomic mass is 10.2. The molecule has 0 saturated heterocycles. The van der Waals surface area contributed by atoms with Crippen molar-refractivity contribution in [3.63, 3.8) is 0 Å². The molecule has 0 fully saturated rings. The van der Waals surface area contributed by atoms with Crippen LogP contribution in [0.3, 0.4) is 0 Å². The highest BCUT2D eigenvalue weighted by Gasteiger charge is 2.20. The molecule has 1 heterocycles. The maximum Gasteiger partial charge on any atom is 0.242 e. The highest BCUT2D eigenvalue weighted by Crippen LogP contribution is 2.31. The molecule has 6 nitrogen and oxygen atoms in total. The third-order valence-electron chi connectivity index (χ3n) is 3.99. The summed E-state index contributed by atoms with van der Waals surface area (Å²) in [6.07, 6.45) is 0. The molecule has 0 unspecified atom stereocenters. The van der Waals surface area contributed by atoms with Crippen LogP contribution in [-0.4, -0.2) is 36.5 Å². The van der Waals surface area contributed by atoms with Crippen molar-refractivity contribution < 1.29 is 13.5 Å². The van der Waals surface area contributed by atoms with Gasteiger partial charge in [-0.1, -0.05) is 11.6 Å². The molecule has 2 aromatic carbocycles. The Morgan fingerprint density at radius 3 is 2.44 bits per heavy atom. The fourth-order valence-corrected chi connectivity index (χ4v) is 4.48. The van der Waals surface area contributed by atoms with Crippen molar-refractivity contribution in [3.8, 4) is 17.0 Å². The van der Waals surface area contributed by atoms with E-state index in [-0.39, 0.29) is 10.6 Å². The molecule has 0 aliphatic rings. The number of benzene rings is 2. The summed E-state index contributed by atoms with van der Waals surface area (Å²) in [5.74, 6) is 0.177. The Morgan fingerprint density at radius 1 is 1.15 bits per heavy atom. The van der Waals surface area contributed by atoms with Crippen LogP contribution in [0.25, 0.3) is 11.3 Å². The molecular weight excluding hydrogens is 406 g/mol. The van der Waals surface area contributed by atoms with Crippen LogP contribution in [0, 0.1) is 0 Å². The van der Waals surface area contributed by atoms with Crippen molar-refractivity contribution in [3.05, 3.63) is 57.7 Å². The zero-order valence-corrected chi connectivity index (χ0v) is 17.3. The lowest BCUT2D eigenvalue weighted by molar-refractivity contribution is 0.475. The van der Waals surface area contributed by atoms with Crippen LogP contribution in [0.15, 0.2) is 57.7 Å². The molecule has 0 aliphatic heterocycles. The summed E-state index contributed by atoms with van der Waals surface area (Å²) in [7, 11) is 1.26. The molecule has 0 aliphatic carbocycles. The predicted octanol–water partition coefficient (Wildman–Crippen LogP) is 3.60. The number of phenolic OH excluding ortho intramolecular Hbond substituents is 1. The van der Waals surface area contributed by atoms with Gasteiger partial charge in [-0.2, -0.15) is 0 Å². The van der Waals surface area contributed by atoms with Crippen molar-refractivity contribution in [1.82, 2.24) is 8.87 Å². The molecule has 0 radical (unpaired) electrons. The van der Waals surface area contributed by atoms with E-state index in [4.69, 9.17) is 11.6 Å². The molecule has 0 atom stereocenters. The number of hydrogen-bond acceptors (Lipinski definition) is 5. The SMILES string of the molecule is CN(C)S(=O)(=O)c1ccc(Cl)c(-c2csc(=Nc3ccc(O)cc3)n2C)c1. The number of thiazole rings is 1. The van der Waals surface area contributed by atoms with E-state index < -0.39 is 10.0 Å². The Balaban J connectivity index is 2.11. The Kier molecular flexibility index (Phi) is 5.43. The summed E-state index contributed by atoms with van der Waals surface area (Å²) < 4.78 is 27.9. The monoisotopic (exact) mass is 423 g/mol. The fraction of sp³-hybridized carbons (Fsp3) is 0.167. The van der Waals surface area contributed by atoms with Gasteiger partial charge in [-0.3, -0.25) is 0 Å². The van der Waals surface area contributed by atoms with Crippen LogP contribution < -0.4 is 4.80 Å². The standard InChI is InChI=1S/C18H18ClN3O3S2/c1-21(2)27(24,25)14-8-9-16(19)15(10-14)17-11-26-18(22(17)3)20-12-4-6-13(23)7-5-12/h4-11,23H,1-3H3. The lowest BCUT2D eigenvalue weighted by Crippen LogP contribution is -2.22. The first kappa shape index (κ1) is 19.6. The molecule has 142 valence electrons. The lowest BCUT2D eigenvalue weighted by Gasteiger charge is -2.13. The molecule has 1 aromatic heterocycles. The van der Waals surface area contributed by atoms with Crippen molar-refractivity contribution >= 4 is 38.6 Å². The van der Waals surface area contributed by atoms with Crippen molar-refractivity contribution in [2.24, 2.45) is 12.0 Å². The van der Waals surface area contributed by atoms with Crippen LogP contribution in [0.4, 0.5) is 5.69 Å². The van der Waals surface area contributed by atoms with Gasteiger partial charge in [0.05, 0.1) is 16.3 Å². The molecule has 27 heavy (non-hydrogen) atoms. The zero-order chi connectivity index (χ0) is 19.8. The minimum Gasteiger partial charge on any atom is -0.508 e. The minimum atomic E-state index is -3.56. The second-order valence-electron chi connectivity index (χ2n) is 6.02. The number of nitrogens with zero attached hydrogens (tertiary/aromatic N) is 3. The van der Waals surface area contributed by atoms with E-state index in [2.05, 4.69) is 4.99 Å². The van der Waals surface area contributed by atoms with Crippen LogP contribution in [0.2, 0.25) is 5.02 Å². The normalized spacial score (nSPS) is 12.7. The van der Waals surface area contributed by atoms with E-state index in [1.807, 2.05) is 17.0 Å². The summed E-state index contributed by atoms with van der Waals surface area (Å²) in [5, 5.41) is 11.7. The molecule has 1 N–H and O–H groups in total. The number of phenols is 1. The van der Waals surface area contributed by atoms with E-state index in [9.17, 15) is 13.5 Å². The van der Waals surface area contributed by atoms with Crippen LogP contribution in [-0.2, 0) is 17.1 Å². The van der Waals surface area contributed by atoms with Crippen LogP contribution in [0.5, 0.6) is 5.75 Å². The van der Waals surface area contributed by atoms with Gasteiger partial charge in [0.15, 0.2) is 4.80 Å². The summed E-state index contributed by atoms with van der Waals surface area (Å²) >= 11 is 7.76. The molecule has 3 aromatic rings. The van der Waals surface area contributed by atoms with Gasteiger partial charge >= 0.3 is 0 Å². The molecule has 0 saturated carbocycles. The van der Waals surface area contributed by atoms with Gasteiger partial charge in [0.25, 0.3) is 0 Å². The van der Waals surface area contributed by atoms with Gasteiger partial charge in [0.2, 0.25) is 10.0 Å². The first-order valence-corrected chi connectivity index (χ1v) is 10.6. The Bertz CT molecular complexity index is 1150. The van der Waals surface area contributed by atoms with E-state index in [1.165, 1.54) is 35.8 Å². The fourth-order valence-electron chi connectivity index (χ4n) is 2.42. The van der Waals surface area contributed by atoms with E-state index in [0.29, 0.717) is 21.1 Å². The second-order valence-corrected chi connectivity index (χ2v) is 9.42. The summed E-state index contributed by atoms with van der Waals surface area (Å²) in [5.41, 5.74) is 2.08. The summed E-state index contributed by atoms with van der Waals surface area (Å²) in [6, 6.07) is 11.2. The van der Waals surface area contributed by atoms with Crippen molar-refractivity contribution in [2.75, 3.05) is 14.1 Å². The average molecular weight is 424 g/mol. The third kappa shape index (κ3) is 3.93.